The molecule has 2 saturated carbocycles. The SMILES string of the molecule is CCCCCCCCC[C@]1(C#N)CC[C@H](c2ccc(-c3ncc([C@H]4CC[C@H](CCCCCC)CC4)cn3)cc2)CC1. The van der Waals surface area contributed by atoms with E-state index in [1.807, 2.05) is 0 Å². The van der Waals surface area contributed by atoms with Crippen molar-refractivity contribution in [3.63, 3.8) is 0 Å². The molecule has 0 amide bonds. The van der Waals surface area contributed by atoms with Crippen molar-refractivity contribution < 1.29 is 0 Å². The van der Waals surface area contributed by atoms with Crippen LogP contribution >= 0.6 is 0 Å². The molecule has 0 N–H and O–H groups in total. The molecule has 0 bridgehead atoms. The highest BCUT2D eigenvalue weighted by atomic mass is 14.9. The monoisotopic (exact) mass is 555 g/mol. The fourth-order valence-electron chi connectivity index (χ4n) is 7.59. The molecule has 224 valence electrons. The predicted molar refractivity (Wildman–Crippen MR) is 173 cm³/mol. The van der Waals surface area contributed by atoms with Crippen molar-refractivity contribution in [3.05, 3.63) is 47.8 Å². The van der Waals surface area contributed by atoms with Crippen molar-refractivity contribution in [1.29, 1.82) is 5.26 Å². The van der Waals surface area contributed by atoms with Gasteiger partial charge in [-0.25, -0.2) is 9.97 Å². The summed E-state index contributed by atoms with van der Waals surface area (Å²) >= 11 is 0. The Hall–Kier alpha value is -2.21. The van der Waals surface area contributed by atoms with Crippen LogP contribution in [0.2, 0.25) is 0 Å². The molecule has 1 aromatic heterocycles. The Kier molecular flexibility index (Phi) is 13.2. The lowest BCUT2D eigenvalue weighted by atomic mass is 9.67. The van der Waals surface area contributed by atoms with Gasteiger partial charge in [-0.1, -0.05) is 115 Å². The summed E-state index contributed by atoms with van der Waals surface area (Å²) in [5.41, 5.74) is 3.77. The maximum Gasteiger partial charge on any atom is 0.159 e. The van der Waals surface area contributed by atoms with E-state index in [-0.39, 0.29) is 5.41 Å². The Morgan fingerprint density at radius 1 is 0.683 bits per heavy atom. The van der Waals surface area contributed by atoms with Gasteiger partial charge in [-0.3, -0.25) is 0 Å². The molecule has 0 atom stereocenters. The molecule has 1 heterocycles. The minimum absolute atomic E-state index is 0.0800. The summed E-state index contributed by atoms with van der Waals surface area (Å²) in [5, 5.41) is 10.0. The van der Waals surface area contributed by atoms with Crippen LogP contribution in [0.3, 0.4) is 0 Å². The molecule has 0 radical (unpaired) electrons. The topological polar surface area (TPSA) is 49.6 Å². The van der Waals surface area contributed by atoms with Gasteiger partial charge in [0.15, 0.2) is 5.82 Å². The van der Waals surface area contributed by atoms with Crippen LogP contribution in [0, 0.1) is 22.7 Å². The summed E-state index contributed by atoms with van der Waals surface area (Å²) in [5.74, 6) is 2.99. The maximum absolute atomic E-state index is 10.0. The summed E-state index contributed by atoms with van der Waals surface area (Å²) in [7, 11) is 0. The molecule has 3 heteroatoms. The minimum Gasteiger partial charge on any atom is -0.236 e. The van der Waals surface area contributed by atoms with Crippen molar-refractivity contribution in [2.24, 2.45) is 11.3 Å². The van der Waals surface area contributed by atoms with E-state index >= 15 is 0 Å². The van der Waals surface area contributed by atoms with Crippen molar-refractivity contribution in [2.75, 3.05) is 0 Å². The van der Waals surface area contributed by atoms with Crippen LogP contribution in [-0.4, -0.2) is 9.97 Å². The average Bonchev–Trinajstić information content (AvgIpc) is 3.03. The molecule has 2 fully saturated rings. The van der Waals surface area contributed by atoms with Gasteiger partial charge in [0.1, 0.15) is 0 Å². The highest BCUT2D eigenvalue weighted by Crippen LogP contribution is 2.46. The van der Waals surface area contributed by atoms with Gasteiger partial charge in [-0.2, -0.15) is 5.26 Å². The van der Waals surface area contributed by atoms with Gasteiger partial charge in [0.05, 0.1) is 11.5 Å². The number of hydrogen-bond acceptors (Lipinski definition) is 3. The van der Waals surface area contributed by atoms with E-state index in [0.717, 1.165) is 49.4 Å². The lowest BCUT2D eigenvalue weighted by molar-refractivity contribution is 0.223. The predicted octanol–water partition coefficient (Wildman–Crippen LogP) is 11.7. The minimum atomic E-state index is -0.0800. The first-order valence-electron chi connectivity index (χ1n) is 17.5. The Bertz CT molecular complexity index is 1020. The van der Waals surface area contributed by atoms with Gasteiger partial charge in [-0.15, -0.1) is 0 Å². The van der Waals surface area contributed by atoms with E-state index in [4.69, 9.17) is 9.97 Å². The number of aromatic nitrogens is 2. The number of benzene rings is 1. The normalized spacial score (nSPS) is 24.7. The number of nitriles is 1. The third-order valence-corrected chi connectivity index (χ3v) is 10.5. The van der Waals surface area contributed by atoms with Crippen molar-refractivity contribution in [2.45, 2.75) is 161 Å². The molecule has 0 saturated heterocycles. The standard InChI is InChI=1S/C38H57N3/c1-3-5-7-9-10-11-13-25-38(30-39)26-23-34(24-27-38)32-19-21-35(22-20-32)37-40-28-36(29-41-37)33-17-15-31(16-18-33)14-12-8-6-4-2/h19-22,28-29,31,33-34H,3-18,23-27H2,1-2H3/t31-,33-,34-,38-. The van der Waals surface area contributed by atoms with Crippen LogP contribution in [0.25, 0.3) is 11.4 Å². The van der Waals surface area contributed by atoms with E-state index < -0.39 is 0 Å². The number of hydrogen-bond donors (Lipinski definition) is 0. The average molecular weight is 556 g/mol. The molecule has 1 aromatic carbocycles. The molecule has 2 aliphatic carbocycles. The van der Waals surface area contributed by atoms with Crippen molar-refractivity contribution >= 4 is 0 Å². The smallest absolute Gasteiger partial charge is 0.159 e. The first-order valence-corrected chi connectivity index (χ1v) is 17.5. The quantitative estimate of drug-likeness (QED) is 0.193. The first-order chi connectivity index (χ1) is 20.2. The molecule has 41 heavy (non-hydrogen) atoms. The van der Waals surface area contributed by atoms with Crippen LogP contribution in [-0.2, 0) is 0 Å². The first kappa shape index (κ1) is 31.7. The van der Waals surface area contributed by atoms with Gasteiger partial charge in [0, 0.05) is 18.0 Å². The Labute approximate surface area is 252 Å². The molecule has 2 aliphatic rings. The lowest BCUT2D eigenvalue weighted by Crippen LogP contribution is -2.25. The summed E-state index contributed by atoms with van der Waals surface area (Å²) in [4.78, 5) is 9.59. The second-order valence-corrected chi connectivity index (χ2v) is 13.6. The van der Waals surface area contributed by atoms with Crippen LogP contribution in [0.1, 0.15) is 172 Å². The third kappa shape index (κ3) is 9.66. The lowest BCUT2D eigenvalue weighted by Gasteiger charge is -2.35. The second kappa shape index (κ2) is 17.0. The summed E-state index contributed by atoms with van der Waals surface area (Å²) in [6, 6.07) is 11.7. The molecule has 3 nitrogen and oxygen atoms in total. The fraction of sp³-hybridized carbons (Fsp3) is 0.711. The van der Waals surface area contributed by atoms with Gasteiger partial charge in [0.2, 0.25) is 0 Å². The molecule has 0 aliphatic heterocycles. The van der Waals surface area contributed by atoms with E-state index in [1.165, 1.54) is 114 Å². The zero-order valence-corrected chi connectivity index (χ0v) is 26.4. The van der Waals surface area contributed by atoms with Gasteiger partial charge in [0.25, 0.3) is 0 Å². The molecular weight excluding hydrogens is 498 g/mol. The Morgan fingerprint density at radius 3 is 1.85 bits per heavy atom. The maximum atomic E-state index is 10.0. The highest BCUT2D eigenvalue weighted by molar-refractivity contribution is 5.55. The molecule has 0 unspecified atom stereocenters. The zero-order valence-electron chi connectivity index (χ0n) is 26.4. The van der Waals surface area contributed by atoms with Gasteiger partial charge >= 0.3 is 0 Å². The largest absolute Gasteiger partial charge is 0.236 e. The van der Waals surface area contributed by atoms with E-state index in [9.17, 15) is 5.26 Å². The summed E-state index contributed by atoms with van der Waals surface area (Å²) < 4.78 is 0. The zero-order chi connectivity index (χ0) is 28.8. The summed E-state index contributed by atoms with van der Waals surface area (Å²) in [6.07, 6.45) is 31.2. The number of nitrogens with zero attached hydrogens (tertiary/aromatic N) is 3. The fourth-order valence-corrected chi connectivity index (χ4v) is 7.59. The van der Waals surface area contributed by atoms with Crippen LogP contribution in [0.5, 0.6) is 0 Å². The van der Waals surface area contributed by atoms with Crippen LogP contribution in [0.15, 0.2) is 36.7 Å². The van der Waals surface area contributed by atoms with Gasteiger partial charge in [-0.05, 0) is 86.7 Å². The third-order valence-electron chi connectivity index (χ3n) is 10.5. The molecule has 0 spiro atoms. The summed E-state index contributed by atoms with van der Waals surface area (Å²) in [6.45, 7) is 4.57. The van der Waals surface area contributed by atoms with Crippen LogP contribution < -0.4 is 0 Å². The second-order valence-electron chi connectivity index (χ2n) is 13.6. The van der Waals surface area contributed by atoms with Crippen LogP contribution in [0.4, 0.5) is 0 Å². The molecule has 4 rings (SSSR count). The van der Waals surface area contributed by atoms with Gasteiger partial charge < -0.3 is 0 Å². The van der Waals surface area contributed by atoms with E-state index in [2.05, 4.69) is 56.6 Å². The highest BCUT2D eigenvalue weighted by Gasteiger charge is 2.35. The molecular formula is C38H57N3. The molecule has 2 aromatic rings. The van der Waals surface area contributed by atoms with Crippen molar-refractivity contribution in [1.82, 2.24) is 9.97 Å². The van der Waals surface area contributed by atoms with E-state index in [1.54, 1.807) is 0 Å². The van der Waals surface area contributed by atoms with Crippen molar-refractivity contribution in [3.8, 4) is 17.5 Å². The Balaban J connectivity index is 1.21. The van der Waals surface area contributed by atoms with E-state index in [0.29, 0.717) is 11.8 Å². The number of rotatable bonds is 16. The Morgan fingerprint density at radius 2 is 1.24 bits per heavy atom. The number of unbranched alkanes of at least 4 members (excludes halogenated alkanes) is 9.